The highest BCUT2D eigenvalue weighted by Crippen LogP contribution is 2.34. The van der Waals surface area contributed by atoms with Crippen LogP contribution in [0, 0.1) is 6.92 Å². The lowest BCUT2D eigenvalue weighted by molar-refractivity contribution is -0.137. The average molecular weight is 463 g/mol. The molecule has 0 bridgehead atoms. The van der Waals surface area contributed by atoms with Crippen LogP contribution >= 0.6 is 0 Å². The van der Waals surface area contributed by atoms with E-state index in [0.29, 0.717) is 43.2 Å². The lowest BCUT2D eigenvalue weighted by Crippen LogP contribution is -2.38. The van der Waals surface area contributed by atoms with Crippen LogP contribution in [0.2, 0.25) is 0 Å². The van der Waals surface area contributed by atoms with E-state index in [9.17, 15) is 18.0 Å². The second-order valence-electron chi connectivity index (χ2n) is 7.86. The number of fused-ring (bicyclic) bond motifs is 1. The van der Waals surface area contributed by atoms with Crippen LogP contribution in [-0.2, 0) is 22.2 Å². The summed E-state index contributed by atoms with van der Waals surface area (Å²) in [5.41, 5.74) is 0.711. The van der Waals surface area contributed by atoms with Gasteiger partial charge in [0.15, 0.2) is 0 Å². The molecule has 33 heavy (non-hydrogen) atoms. The number of aryl methyl sites for hydroxylation is 1. The summed E-state index contributed by atoms with van der Waals surface area (Å²) in [6.07, 6.45) is -0.531. The van der Waals surface area contributed by atoms with Crippen molar-refractivity contribution in [3.05, 3.63) is 53.4 Å². The Hall–Kier alpha value is -3.05. The standard InChI is InChI=1S/C22H24F3N5O3/c1-13-11-27-16(12-26-13)21(31)29-19(18-4-3-8-33-18)20-28-15-10-14(22(23,24)25)5-6-17(15)30(20)7-9-32-2/h5-6,10-12,18-19H,3-4,7-9H2,1-2H3,(H,29,31)/t18-,19+/m1/s1. The molecule has 176 valence electrons. The molecule has 1 aromatic carbocycles. The predicted octanol–water partition coefficient (Wildman–Crippen LogP) is 3.45. The van der Waals surface area contributed by atoms with Gasteiger partial charge in [-0.25, -0.2) is 9.97 Å². The van der Waals surface area contributed by atoms with E-state index in [1.165, 1.54) is 25.6 Å². The van der Waals surface area contributed by atoms with Crippen molar-refractivity contribution < 1.29 is 27.4 Å². The average Bonchev–Trinajstić information content (AvgIpc) is 3.43. The first kappa shape index (κ1) is 23.1. The first-order valence-electron chi connectivity index (χ1n) is 10.6. The Balaban J connectivity index is 1.77. The van der Waals surface area contributed by atoms with Gasteiger partial charge in [0.05, 0.1) is 41.2 Å². The molecule has 1 N–H and O–H groups in total. The fraction of sp³-hybridized carbons (Fsp3) is 0.455. The number of nitrogens with one attached hydrogen (secondary N) is 1. The van der Waals surface area contributed by atoms with Gasteiger partial charge in [0.1, 0.15) is 17.6 Å². The number of nitrogens with zero attached hydrogens (tertiary/aromatic N) is 4. The summed E-state index contributed by atoms with van der Waals surface area (Å²) in [4.78, 5) is 25.7. The third kappa shape index (κ3) is 4.98. The van der Waals surface area contributed by atoms with Crippen molar-refractivity contribution in [2.45, 2.75) is 44.6 Å². The Labute approximate surface area is 188 Å². The quantitative estimate of drug-likeness (QED) is 0.577. The van der Waals surface area contributed by atoms with Gasteiger partial charge in [-0.15, -0.1) is 0 Å². The molecule has 2 atom stereocenters. The fourth-order valence-corrected chi connectivity index (χ4v) is 3.89. The van der Waals surface area contributed by atoms with E-state index >= 15 is 0 Å². The zero-order chi connectivity index (χ0) is 23.6. The Morgan fingerprint density at radius 2 is 2.15 bits per heavy atom. The predicted molar refractivity (Wildman–Crippen MR) is 113 cm³/mol. The summed E-state index contributed by atoms with van der Waals surface area (Å²) < 4.78 is 52.6. The zero-order valence-electron chi connectivity index (χ0n) is 18.2. The molecule has 0 unspecified atom stereocenters. The molecule has 4 rings (SSSR count). The minimum atomic E-state index is -4.49. The number of carbonyl (C=O) groups is 1. The third-order valence-electron chi connectivity index (χ3n) is 5.54. The molecule has 0 aliphatic carbocycles. The van der Waals surface area contributed by atoms with E-state index in [-0.39, 0.29) is 17.3 Å². The number of ether oxygens (including phenoxy) is 2. The molecule has 0 radical (unpaired) electrons. The molecular formula is C22H24F3N5O3. The molecule has 3 heterocycles. The van der Waals surface area contributed by atoms with Gasteiger partial charge in [0.2, 0.25) is 0 Å². The van der Waals surface area contributed by atoms with Crippen LogP contribution in [0.5, 0.6) is 0 Å². The third-order valence-corrected chi connectivity index (χ3v) is 5.54. The van der Waals surface area contributed by atoms with Crippen molar-refractivity contribution in [1.29, 1.82) is 0 Å². The topological polar surface area (TPSA) is 91.2 Å². The molecule has 2 aromatic heterocycles. The number of carbonyl (C=O) groups excluding carboxylic acids is 1. The van der Waals surface area contributed by atoms with Crippen LogP contribution in [0.3, 0.4) is 0 Å². The number of hydrogen-bond acceptors (Lipinski definition) is 6. The summed E-state index contributed by atoms with van der Waals surface area (Å²) in [5.74, 6) is -0.0639. The van der Waals surface area contributed by atoms with Crippen LogP contribution in [0.1, 0.15) is 46.5 Å². The van der Waals surface area contributed by atoms with Gasteiger partial charge in [-0.05, 0) is 38.0 Å². The van der Waals surface area contributed by atoms with Gasteiger partial charge in [0, 0.05) is 26.5 Å². The van der Waals surface area contributed by atoms with Gasteiger partial charge in [-0.3, -0.25) is 9.78 Å². The summed E-state index contributed by atoms with van der Waals surface area (Å²) in [6.45, 7) is 2.95. The number of hydrogen-bond donors (Lipinski definition) is 1. The molecule has 1 amide bonds. The number of amides is 1. The molecule has 0 saturated carbocycles. The molecule has 0 spiro atoms. The number of rotatable bonds is 7. The van der Waals surface area contributed by atoms with Gasteiger partial charge in [-0.1, -0.05) is 0 Å². The number of aromatic nitrogens is 4. The minimum Gasteiger partial charge on any atom is -0.383 e. The van der Waals surface area contributed by atoms with E-state index in [0.717, 1.165) is 18.6 Å². The Morgan fingerprint density at radius 1 is 1.33 bits per heavy atom. The molecule has 1 fully saturated rings. The number of benzene rings is 1. The molecule has 8 nitrogen and oxygen atoms in total. The Kier molecular flexibility index (Phi) is 6.61. The van der Waals surface area contributed by atoms with Crippen LogP contribution in [0.4, 0.5) is 13.2 Å². The van der Waals surface area contributed by atoms with Crippen molar-refractivity contribution in [1.82, 2.24) is 24.8 Å². The first-order chi connectivity index (χ1) is 15.8. The maximum absolute atomic E-state index is 13.3. The minimum absolute atomic E-state index is 0.127. The largest absolute Gasteiger partial charge is 0.416 e. The van der Waals surface area contributed by atoms with Gasteiger partial charge in [0.25, 0.3) is 5.91 Å². The molecule has 3 aromatic rings. The zero-order valence-corrected chi connectivity index (χ0v) is 18.2. The highest BCUT2D eigenvalue weighted by Gasteiger charge is 2.35. The highest BCUT2D eigenvalue weighted by molar-refractivity contribution is 5.92. The van der Waals surface area contributed by atoms with Gasteiger partial charge < -0.3 is 19.4 Å². The van der Waals surface area contributed by atoms with E-state index in [1.807, 2.05) is 0 Å². The van der Waals surface area contributed by atoms with E-state index in [1.54, 1.807) is 11.5 Å². The van der Waals surface area contributed by atoms with Crippen LogP contribution in [0.25, 0.3) is 11.0 Å². The first-order valence-corrected chi connectivity index (χ1v) is 10.6. The number of methoxy groups -OCH3 is 1. The van der Waals surface area contributed by atoms with Crippen LogP contribution in [-0.4, -0.2) is 51.9 Å². The lowest BCUT2D eigenvalue weighted by Gasteiger charge is -2.24. The highest BCUT2D eigenvalue weighted by atomic mass is 19.4. The summed E-state index contributed by atoms with van der Waals surface area (Å²) >= 11 is 0. The van der Waals surface area contributed by atoms with Crippen molar-refractivity contribution in [3.63, 3.8) is 0 Å². The van der Waals surface area contributed by atoms with Gasteiger partial charge >= 0.3 is 6.18 Å². The Morgan fingerprint density at radius 3 is 2.79 bits per heavy atom. The Bertz CT molecular complexity index is 1120. The molecule has 1 aliphatic heterocycles. The normalized spacial score (nSPS) is 17.4. The number of alkyl halides is 3. The van der Waals surface area contributed by atoms with Crippen molar-refractivity contribution >= 4 is 16.9 Å². The maximum Gasteiger partial charge on any atom is 0.416 e. The van der Waals surface area contributed by atoms with Crippen molar-refractivity contribution in [2.24, 2.45) is 0 Å². The number of halogens is 3. The summed E-state index contributed by atoms with van der Waals surface area (Å²) in [7, 11) is 1.54. The van der Waals surface area contributed by atoms with Crippen molar-refractivity contribution in [3.8, 4) is 0 Å². The molecule has 1 aliphatic rings. The molecule has 11 heteroatoms. The second-order valence-corrected chi connectivity index (χ2v) is 7.86. The van der Waals surface area contributed by atoms with Crippen molar-refractivity contribution in [2.75, 3.05) is 20.3 Å². The summed E-state index contributed by atoms with van der Waals surface area (Å²) in [6, 6.07) is 2.74. The van der Waals surface area contributed by atoms with E-state index in [2.05, 4.69) is 20.3 Å². The van der Waals surface area contributed by atoms with E-state index < -0.39 is 23.7 Å². The van der Waals surface area contributed by atoms with Gasteiger partial charge in [-0.2, -0.15) is 13.2 Å². The monoisotopic (exact) mass is 463 g/mol. The smallest absolute Gasteiger partial charge is 0.383 e. The second kappa shape index (κ2) is 9.44. The number of imidazole rings is 1. The van der Waals surface area contributed by atoms with Crippen LogP contribution in [0.15, 0.2) is 30.6 Å². The lowest BCUT2D eigenvalue weighted by atomic mass is 10.1. The summed E-state index contributed by atoms with van der Waals surface area (Å²) in [5, 5.41) is 2.92. The molecule has 1 saturated heterocycles. The SMILES string of the molecule is COCCn1c([C@@H](NC(=O)c2cnc(C)cn2)[C@H]2CCCO2)nc2cc(C(F)(F)F)ccc21. The van der Waals surface area contributed by atoms with E-state index in [4.69, 9.17) is 9.47 Å². The molecular weight excluding hydrogens is 439 g/mol. The maximum atomic E-state index is 13.3. The van der Waals surface area contributed by atoms with Crippen LogP contribution < -0.4 is 5.32 Å². The fourth-order valence-electron chi connectivity index (χ4n) is 3.89.